The van der Waals surface area contributed by atoms with Gasteiger partial charge in [-0.1, -0.05) is 29.8 Å². The lowest BCUT2D eigenvalue weighted by atomic mass is 10.0. The van der Waals surface area contributed by atoms with Crippen molar-refractivity contribution in [2.75, 3.05) is 26.8 Å². The molecule has 4 heterocycles. The number of aromatic nitrogens is 3. The molecule has 8 nitrogen and oxygen atoms in total. The minimum atomic E-state index is -0.519. The molecule has 2 aromatic carbocycles. The van der Waals surface area contributed by atoms with Crippen molar-refractivity contribution in [3.8, 4) is 5.88 Å². The molecule has 10 heteroatoms. The van der Waals surface area contributed by atoms with E-state index in [0.29, 0.717) is 35.1 Å². The molecule has 0 saturated carbocycles. The Morgan fingerprint density at radius 3 is 2.76 bits per heavy atom. The number of ether oxygens (including phenoxy) is 3. The monoisotopic (exact) mass is 590 g/mol. The number of hydrogen-bond donors (Lipinski definition) is 0. The molecule has 218 valence electrons. The van der Waals surface area contributed by atoms with E-state index >= 15 is 0 Å². The zero-order valence-corrected chi connectivity index (χ0v) is 24.3. The minimum Gasteiger partial charge on any atom is -0.470 e. The van der Waals surface area contributed by atoms with Crippen molar-refractivity contribution in [3.63, 3.8) is 0 Å². The van der Waals surface area contributed by atoms with Gasteiger partial charge < -0.3 is 18.8 Å². The van der Waals surface area contributed by atoms with E-state index in [1.807, 2.05) is 24.3 Å². The van der Waals surface area contributed by atoms with Crippen molar-refractivity contribution in [2.45, 2.75) is 45.1 Å². The number of nitrogens with zero attached hydrogens (tertiary/aromatic N) is 4. The van der Waals surface area contributed by atoms with Crippen LogP contribution in [0.15, 0.2) is 60.7 Å². The molecule has 0 bridgehead atoms. The number of carbonyl (C=O) groups excluding carboxylic acids is 1. The molecule has 2 atom stereocenters. The highest BCUT2D eigenvalue weighted by Gasteiger charge is 2.24. The predicted octanol–water partition coefficient (Wildman–Crippen LogP) is 6.23. The summed E-state index contributed by atoms with van der Waals surface area (Å²) in [4.78, 5) is 24.2. The first kappa shape index (κ1) is 28.3. The van der Waals surface area contributed by atoms with Crippen LogP contribution in [0.5, 0.6) is 5.88 Å². The van der Waals surface area contributed by atoms with Crippen LogP contribution in [0.1, 0.15) is 53.3 Å². The van der Waals surface area contributed by atoms with Crippen molar-refractivity contribution in [1.29, 1.82) is 0 Å². The number of esters is 1. The van der Waals surface area contributed by atoms with Crippen LogP contribution in [0.3, 0.4) is 0 Å². The molecule has 0 N–H and O–H groups in total. The zero-order valence-electron chi connectivity index (χ0n) is 23.6. The number of pyridine rings is 1. The van der Waals surface area contributed by atoms with Crippen LogP contribution in [0.2, 0.25) is 5.02 Å². The number of benzene rings is 2. The topological polar surface area (TPSA) is 78.7 Å². The van der Waals surface area contributed by atoms with E-state index in [9.17, 15) is 9.18 Å². The second-order valence-corrected chi connectivity index (χ2v) is 11.1. The standard InChI is InChI=1S/C32H32ClFN4O4/c1-20(25-8-7-23(33)17-26(25)34)42-31-5-3-4-27(36-31)21-10-13-37(14-11-21)19-30-35-28-9-6-22(32(39)40-2)16-29(28)38(30)18-24-12-15-41-24/h3-10,16-17,20,24H,11-15,18-19H2,1-2H3/t20?,24-/m0/s1. The molecule has 2 aliphatic rings. The molecular formula is C32H32ClFN4O4. The highest BCUT2D eigenvalue weighted by atomic mass is 35.5. The summed E-state index contributed by atoms with van der Waals surface area (Å²) in [6.45, 7) is 5.50. The number of methoxy groups -OCH3 is 1. The van der Waals surface area contributed by atoms with E-state index in [2.05, 4.69) is 15.5 Å². The summed E-state index contributed by atoms with van der Waals surface area (Å²) >= 11 is 5.89. The fourth-order valence-electron chi connectivity index (χ4n) is 5.40. The molecule has 42 heavy (non-hydrogen) atoms. The maximum absolute atomic E-state index is 14.4. The summed E-state index contributed by atoms with van der Waals surface area (Å²) < 4.78 is 33.2. The van der Waals surface area contributed by atoms with Crippen molar-refractivity contribution < 1.29 is 23.4 Å². The molecule has 1 fully saturated rings. The van der Waals surface area contributed by atoms with Crippen LogP contribution >= 0.6 is 11.6 Å². The lowest BCUT2D eigenvalue weighted by Gasteiger charge is -2.29. The molecule has 0 radical (unpaired) electrons. The van der Waals surface area contributed by atoms with Crippen LogP contribution in [-0.4, -0.2) is 58.3 Å². The first-order valence-corrected chi connectivity index (χ1v) is 14.4. The van der Waals surface area contributed by atoms with E-state index in [4.69, 9.17) is 35.8 Å². The van der Waals surface area contributed by atoms with Gasteiger partial charge in [0.05, 0.1) is 48.6 Å². The first-order valence-electron chi connectivity index (χ1n) is 14.1. The van der Waals surface area contributed by atoms with Crippen molar-refractivity contribution in [1.82, 2.24) is 19.4 Å². The number of rotatable bonds is 9. The summed E-state index contributed by atoms with van der Waals surface area (Å²) in [5.41, 5.74) is 4.67. The molecule has 0 spiro atoms. The zero-order chi connectivity index (χ0) is 29.2. The second-order valence-electron chi connectivity index (χ2n) is 10.6. The quantitative estimate of drug-likeness (QED) is 0.214. The molecule has 2 aromatic heterocycles. The molecule has 4 aromatic rings. The van der Waals surface area contributed by atoms with Gasteiger partial charge in [-0.15, -0.1) is 0 Å². The van der Waals surface area contributed by atoms with E-state index < -0.39 is 11.9 Å². The minimum absolute atomic E-state index is 0.148. The molecular weight excluding hydrogens is 559 g/mol. The Labute approximate surface area is 248 Å². The summed E-state index contributed by atoms with van der Waals surface area (Å²) in [7, 11) is 1.39. The van der Waals surface area contributed by atoms with Gasteiger partial charge in [-0.3, -0.25) is 4.90 Å². The van der Waals surface area contributed by atoms with Crippen LogP contribution < -0.4 is 4.74 Å². The third kappa shape index (κ3) is 6.04. The Morgan fingerprint density at radius 1 is 1.19 bits per heavy atom. The predicted molar refractivity (Wildman–Crippen MR) is 158 cm³/mol. The van der Waals surface area contributed by atoms with Gasteiger partial charge in [-0.2, -0.15) is 0 Å². The van der Waals surface area contributed by atoms with Gasteiger partial charge in [0.2, 0.25) is 5.88 Å². The van der Waals surface area contributed by atoms with E-state index in [-0.39, 0.29) is 12.1 Å². The molecule has 2 aliphatic heterocycles. The van der Waals surface area contributed by atoms with Crippen molar-refractivity contribution in [3.05, 3.63) is 94.2 Å². The Kier molecular flexibility index (Phi) is 8.24. The molecule has 0 aliphatic carbocycles. The van der Waals surface area contributed by atoms with E-state index in [1.54, 1.807) is 31.2 Å². The summed E-state index contributed by atoms with van der Waals surface area (Å²) in [6, 6.07) is 15.7. The summed E-state index contributed by atoms with van der Waals surface area (Å²) in [5, 5.41) is 0.346. The van der Waals surface area contributed by atoms with Gasteiger partial charge >= 0.3 is 5.97 Å². The van der Waals surface area contributed by atoms with Gasteiger partial charge in [-0.05, 0) is 61.7 Å². The van der Waals surface area contributed by atoms with Gasteiger partial charge in [0.15, 0.2) is 0 Å². The maximum atomic E-state index is 14.4. The number of fused-ring (bicyclic) bond motifs is 1. The van der Waals surface area contributed by atoms with Crippen LogP contribution in [-0.2, 0) is 22.6 Å². The lowest BCUT2D eigenvalue weighted by Crippen LogP contribution is -2.33. The van der Waals surface area contributed by atoms with Crippen molar-refractivity contribution >= 4 is 34.2 Å². The highest BCUT2D eigenvalue weighted by molar-refractivity contribution is 6.30. The molecule has 1 unspecified atom stereocenters. The molecule has 6 rings (SSSR count). The number of imidazole rings is 1. The van der Waals surface area contributed by atoms with Crippen molar-refractivity contribution in [2.24, 2.45) is 0 Å². The average molecular weight is 591 g/mol. The SMILES string of the molecule is COC(=O)c1ccc2nc(CN3CC=C(c4cccc(OC(C)c5ccc(Cl)cc5F)n4)CC3)n(C[C@@H]3CCO3)c2c1. The largest absolute Gasteiger partial charge is 0.470 e. The summed E-state index contributed by atoms with van der Waals surface area (Å²) in [6.07, 6.45) is 3.64. The number of hydrogen-bond acceptors (Lipinski definition) is 7. The molecule has 0 amide bonds. The fraction of sp³-hybridized carbons (Fsp3) is 0.344. The summed E-state index contributed by atoms with van der Waals surface area (Å²) in [5.74, 6) is 0.612. The second kappa shape index (κ2) is 12.2. The van der Waals surface area contributed by atoms with Gasteiger partial charge in [0.1, 0.15) is 17.7 Å². The number of carbonyl (C=O) groups is 1. The molecule has 1 saturated heterocycles. The van der Waals surface area contributed by atoms with Gasteiger partial charge in [-0.25, -0.2) is 19.2 Å². The van der Waals surface area contributed by atoms with Gasteiger partial charge in [0, 0.05) is 36.3 Å². The fourth-order valence-corrected chi connectivity index (χ4v) is 5.56. The lowest BCUT2D eigenvalue weighted by molar-refractivity contribution is -0.0591. The normalized spacial score (nSPS) is 17.9. The Bertz CT molecular complexity index is 1650. The van der Waals surface area contributed by atoms with Gasteiger partial charge in [0.25, 0.3) is 0 Å². The highest BCUT2D eigenvalue weighted by Crippen LogP contribution is 2.29. The smallest absolute Gasteiger partial charge is 0.337 e. The van der Waals surface area contributed by atoms with E-state index in [0.717, 1.165) is 60.7 Å². The number of halogens is 2. The Balaban J connectivity index is 1.16. The average Bonchev–Trinajstić information content (AvgIpc) is 3.30. The Hall–Kier alpha value is -3.79. The third-order valence-corrected chi connectivity index (χ3v) is 8.07. The van der Waals surface area contributed by atoms with E-state index in [1.165, 1.54) is 13.2 Å². The van der Waals surface area contributed by atoms with Crippen LogP contribution in [0.25, 0.3) is 16.6 Å². The van der Waals surface area contributed by atoms with Crippen LogP contribution in [0.4, 0.5) is 4.39 Å². The third-order valence-electron chi connectivity index (χ3n) is 7.84. The maximum Gasteiger partial charge on any atom is 0.337 e. The first-order chi connectivity index (χ1) is 20.4. The van der Waals surface area contributed by atoms with Crippen LogP contribution in [0, 0.1) is 5.82 Å². The Morgan fingerprint density at radius 2 is 2.05 bits per heavy atom.